The molecule has 0 N–H and O–H groups in total. The van der Waals surface area contributed by atoms with Crippen LogP contribution in [0.1, 0.15) is 21.4 Å². The van der Waals surface area contributed by atoms with Crippen molar-refractivity contribution in [2.24, 2.45) is 7.05 Å². The van der Waals surface area contributed by atoms with Gasteiger partial charge in [0.1, 0.15) is 5.82 Å². The van der Waals surface area contributed by atoms with Crippen molar-refractivity contribution in [1.29, 1.82) is 0 Å². The number of aryl methyl sites for hydroxylation is 3. The molecule has 0 radical (unpaired) electrons. The van der Waals surface area contributed by atoms with Gasteiger partial charge in [0.15, 0.2) is 0 Å². The Morgan fingerprint density at radius 3 is 2.74 bits per heavy atom. The molecule has 0 bridgehead atoms. The fourth-order valence-corrected chi connectivity index (χ4v) is 2.70. The molecule has 2 rings (SSSR count). The minimum absolute atomic E-state index is 0.0661. The molecular weight excluding hydrogens is 260 g/mol. The number of carbonyl (C=O) groups is 1. The third-order valence-corrected chi connectivity index (χ3v) is 3.97. The molecule has 0 aliphatic heterocycles. The van der Waals surface area contributed by atoms with E-state index in [1.54, 1.807) is 29.5 Å². The monoisotopic (exact) mass is 278 g/mol. The van der Waals surface area contributed by atoms with Crippen molar-refractivity contribution in [1.82, 2.24) is 19.4 Å². The van der Waals surface area contributed by atoms with Gasteiger partial charge < -0.3 is 9.47 Å². The first-order chi connectivity index (χ1) is 8.97. The molecule has 0 saturated carbocycles. The van der Waals surface area contributed by atoms with E-state index in [0.29, 0.717) is 13.0 Å². The molecule has 1 amide bonds. The Morgan fingerprint density at radius 1 is 1.47 bits per heavy atom. The second-order valence-corrected chi connectivity index (χ2v) is 6.02. The fourth-order valence-electron chi connectivity index (χ4n) is 1.86. The third-order valence-electron chi connectivity index (χ3n) is 3.04. The number of imidazole rings is 1. The van der Waals surface area contributed by atoms with Crippen LogP contribution in [0.2, 0.25) is 0 Å². The van der Waals surface area contributed by atoms with Gasteiger partial charge in [-0.1, -0.05) is 0 Å². The molecule has 0 fully saturated rings. The molecular formula is C13H18N4OS. The molecule has 2 heterocycles. The number of hydrogen-bond donors (Lipinski definition) is 0. The highest BCUT2D eigenvalue weighted by atomic mass is 32.1. The van der Waals surface area contributed by atoms with Gasteiger partial charge in [0.25, 0.3) is 0 Å². The molecule has 19 heavy (non-hydrogen) atoms. The van der Waals surface area contributed by atoms with Crippen molar-refractivity contribution >= 4 is 17.2 Å². The first-order valence-electron chi connectivity index (χ1n) is 6.10. The Morgan fingerprint density at radius 2 is 2.21 bits per heavy atom. The number of likely N-dealkylation sites (N-methyl/N-ethyl adjacent to an activating group) is 1. The number of nitrogens with zero attached hydrogens (tertiary/aromatic N) is 4. The summed E-state index contributed by atoms with van der Waals surface area (Å²) in [6.45, 7) is 4.49. The lowest BCUT2D eigenvalue weighted by Gasteiger charge is -2.16. The first kappa shape index (κ1) is 13.7. The molecule has 0 atom stereocenters. The van der Waals surface area contributed by atoms with Crippen LogP contribution in [0.25, 0.3) is 0 Å². The number of thiazole rings is 1. The summed E-state index contributed by atoms with van der Waals surface area (Å²) in [6.07, 6.45) is 3.97. The second-order valence-electron chi connectivity index (χ2n) is 4.62. The van der Waals surface area contributed by atoms with Gasteiger partial charge in [-0.3, -0.25) is 4.79 Å². The van der Waals surface area contributed by atoms with Crippen LogP contribution in [-0.2, 0) is 24.8 Å². The van der Waals surface area contributed by atoms with Crippen LogP contribution in [-0.4, -0.2) is 32.4 Å². The molecule has 0 unspecified atom stereocenters. The summed E-state index contributed by atoms with van der Waals surface area (Å²) >= 11 is 1.63. The number of hydrogen-bond acceptors (Lipinski definition) is 4. The lowest BCUT2D eigenvalue weighted by Crippen LogP contribution is -2.29. The van der Waals surface area contributed by atoms with E-state index in [2.05, 4.69) is 9.97 Å². The smallest absolute Gasteiger partial charge is 0.228 e. The van der Waals surface area contributed by atoms with Crippen molar-refractivity contribution in [2.75, 3.05) is 7.05 Å². The van der Waals surface area contributed by atoms with Crippen molar-refractivity contribution in [3.8, 4) is 0 Å². The van der Waals surface area contributed by atoms with Crippen molar-refractivity contribution in [2.45, 2.75) is 26.8 Å². The normalized spacial score (nSPS) is 10.7. The predicted molar refractivity (Wildman–Crippen MR) is 75.0 cm³/mol. The maximum Gasteiger partial charge on any atom is 0.228 e. The Balaban J connectivity index is 2.00. The molecule has 2 aromatic heterocycles. The molecule has 0 spiro atoms. The highest BCUT2D eigenvalue weighted by molar-refractivity contribution is 7.11. The summed E-state index contributed by atoms with van der Waals surface area (Å²) in [5.41, 5.74) is 0.888. The lowest BCUT2D eigenvalue weighted by molar-refractivity contribution is -0.129. The fraction of sp³-hybridized carbons (Fsp3) is 0.462. The van der Waals surface area contributed by atoms with E-state index in [-0.39, 0.29) is 5.91 Å². The van der Waals surface area contributed by atoms with E-state index in [9.17, 15) is 4.79 Å². The molecule has 5 nitrogen and oxygen atoms in total. The average molecular weight is 278 g/mol. The van der Waals surface area contributed by atoms with Gasteiger partial charge in [-0.15, -0.1) is 11.3 Å². The molecule has 2 aromatic rings. The third kappa shape index (κ3) is 3.20. The summed E-state index contributed by atoms with van der Waals surface area (Å²) in [7, 11) is 3.72. The van der Waals surface area contributed by atoms with Crippen LogP contribution in [0.5, 0.6) is 0 Å². The molecule has 0 aliphatic carbocycles. The van der Waals surface area contributed by atoms with E-state index >= 15 is 0 Å². The zero-order chi connectivity index (χ0) is 14.0. The van der Waals surface area contributed by atoms with Crippen molar-refractivity contribution in [3.63, 3.8) is 0 Å². The molecule has 102 valence electrons. The summed E-state index contributed by atoms with van der Waals surface area (Å²) in [4.78, 5) is 23.6. The largest absolute Gasteiger partial charge is 0.338 e. The van der Waals surface area contributed by atoms with Gasteiger partial charge in [-0.25, -0.2) is 9.97 Å². The van der Waals surface area contributed by atoms with Crippen LogP contribution < -0.4 is 0 Å². The maximum atomic E-state index is 12.2. The summed E-state index contributed by atoms with van der Waals surface area (Å²) in [6, 6.07) is 0. The van der Waals surface area contributed by atoms with Gasteiger partial charge in [0.2, 0.25) is 5.91 Å². The van der Waals surface area contributed by atoms with Gasteiger partial charge >= 0.3 is 0 Å². The van der Waals surface area contributed by atoms with Crippen LogP contribution in [0.3, 0.4) is 0 Å². The quantitative estimate of drug-likeness (QED) is 0.855. The van der Waals surface area contributed by atoms with Crippen molar-refractivity contribution in [3.05, 3.63) is 33.8 Å². The Bertz CT molecular complexity index is 587. The minimum atomic E-state index is 0.0661. The lowest BCUT2D eigenvalue weighted by atomic mass is 10.2. The van der Waals surface area contributed by atoms with E-state index in [4.69, 9.17) is 0 Å². The van der Waals surface area contributed by atoms with Gasteiger partial charge in [0.05, 0.1) is 23.7 Å². The van der Waals surface area contributed by atoms with Gasteiger partial charge in [-0.2, -0.15) is 0 Å². The van der Waals surface area contributed by atoms with Gasteiger partial charge in [0, 0.05) is 31.4 Å². The Kier molecular flexibility index (Phi) is 3.99. The Hall–Kier alpha value is -1.69. The summed E-state index contributed by atoms with van der Waals surface area (Å²) < 4.78 is 1.92. The molecule has 0 saturated heterocycles. The zero-order valence-electron chi connectivity index (χ0n) is 11.7. The topological polar surface area (TPSA) is 51.0 Å². The van der Waals surface area contributed by atoms with E-state index in [0.717, 1.165) is 21.4 Å². The van der Waals surface area contributed by atoms with E-state index in [1.165, 1.54) is 0 Å². The van der Waals surface area contributed by atoms with Crippen molar-refractivity contribution < 1.29 is 4.79 Å². The summed E-state index contributed by atoms with van der Waals surface area (Å²) in [5, 5.41) is 1.01. The van der Waals surface area contributed by atoms with Crippen LogP contribution in [0, 0.1) is 13.8 Å². The van der Waals surface area contributed by atoms with Crippen LogP contribution >= 0.6 is 11.3 Å². The van der Waals surface area contributed by atoms with E-state index < -0.39 is 0 Å². The van der Waals surface area contributed by atoms with Crippen LogP contribution in [0.4, 0.5) is 0 Å². The van der Waals surface area contributed by atoms with Gasteiger partial charge in [-0.05, 0) is 13.8 Å². The highest BCUT2D eigenvalue weighted by Gasteiger charge is 2.15. The molecule has 6 heteroatoms. The van der Waals surface area contributed by atoms with Crippen LogP contribution in [0.15, 0.2) is 12.4 Å². The molecule has 0 aromatic carbocycles. The minimum Gasteiger partial charge on any atom is -0.338 e. The first-order valence-corrected chi connectivity index (χ1v) is 6.92. The summed E-state index contributed by atoms with van der Waals surface area (Å²) in [5.74, 6) is 0.943. The zero-order valence-corrected chi connectivity index (χ0v) is 12.5. The number of rotatable bonds is 4. The van der Waals surface area contributed by atoms with E-state index in [1.807, 2.05) is 31.7 Å². The number of carbonyl (C=O) groups excluding carboxylic acids is 1. The SMILES string of the molecule is Cc1nc(CC(=O)N(C)Cc2nccn2C)c(C)s1. The Labute approximate surface area is 116 Å². The highest BCUT2D eigenvalue weighted by Crippen LogP contribution is 2.17. The predicted octanol–water partition coefficient (Wildman–Crippen LogP) is 1.69. The maximum absolute atomic E-state index is 12.2. The average Bonchev–Trinajstić information content (AvgIpc) is 2.86. The second kappa shape index (κ2) is 5.52. The number of amides is 1. The standard InChI is InChI=1S/C13H18N4OS/c1-9-11(15-10(2)19-9)7-13(18)17(4)8-12-14-5-6-16(12)3/h5-6H,7-8H2,1-4H3. The number of aromatic nitrogens is 3. The molecule has 0 aliphatic rings.